The number of aliphatic hydroxyl groups excluding tert-OH is 2. The molecule has 2 N–H and O–H groups in total. The van der Waals surface area contributed by atoms with E-state index in [-0.39, 0.29) is 26.1 Å². The summed E-state index contributed by atoms with van der Waals surface area (Å²) in [5.74, 6) is 0. The van der Waals surface area contributed by atoms with Crippen molar-refractivity contribution in [1.82, 2.24) is 0 Å². The number of hydrogen-bond donors (Lipinski definition) is 2. The summed E-state index contributed by atoms with van der Waals surface area (Å²) < 4.78 is 0. The lowest BCUT2D eigenvalue weighted by molar-refractivity contribution is 0.280. The maximum atomic E-state index is 9.63. The van der Waals surface area contributed by atoms with Gasteiger partial charge >= 0.3 is 0 Å². The molecule has 1 aliphatic rings. The fraction of sp³-hybridized carbons (Fsp3) is 0.520. The fourth-order valence-electron chi connectivity index (χ4n) is 4.36. The SMILES string of the molecule is C.CC.Cc1cc(CO)cc(C2(c3cc(C)cc(CO)c3)CCCCC2)c1. The van der Waals surface area contributed by atoms with Crippen LogP contribution in [-0.4, -0.2) is 10.2 Å². The highest BCUT2D eigenvalue weighted by atomic mass is 16.3. The molecule has 1 aliphatic carbocycles. The Kier molecular flexibility index (Phi) is 9.21. The first-order valence-corrected chi connectivity index (χ1v) is 10.0. The van der Waals surface area contributed by atoms with E-state index in [0.29, 0.717) is 0 Å². The summed E-state index contributed by atoms with van der Waals surface area (Å²) in [7, 11) is 0. The Hall–Kier alpha value is -1.64. The van der Waals surface area contributed by atoms with Crippen LogP contribution in [0.2, 0.25) is 0 Å². The number of hydrogen-bond acceptors (Lipinski definition) is 2. The number of aliphatic hydroxyl groups is 2. The van der Waals surface area contributed by atoms with E-state index in [9.17, 15) is 10.2 Å². The molecule has 0 atom stereocenters. The van der Waals surface area contributed by atoms with Gasteiger partial charge in [-0.25, -0.2) is 0 Å². The molecule has 0 heterocycles. The van der Waals surface area contributed by atoms with Crippen LogP contribution < -0.4 is 0 Å². The molecule has 2 aromatic carbocycles. The van der Waals surface area contributed by atoms with Crippen LogP contribution in [-0.2, 0) is 18.6 Å². The van der Waals surface area contributed by atoms with Crippen molar-refractivity contribution in [3.63, 3.8) is 0 Å². The quantitative estimate of drug-likeness (QED) is 0.672. The second-order valence-corrected chi connectivity index (χ2v) is 7.37. The Labute approximate surface area is 166 Å². The Morgan fingerprint density at radius 1 is 0.704 bits per heavy atom. The van der Waals surface area contributed by atoms with Crippen molar-refractivity contribution in [3.05, 3.63) is 69.8 Å². The predicted octanol–water partition coefficient (Wildman–Crippen LogP) is 6.20. The van der Waals surface area contributed by atoms with E-state index in [1.807, 2.05) is 13.8 Å². The van der Waals surface area contributed by atoms with Crippen molar-refractivity contribution in [2.24, 2.45) is 0 Å². The predicted molar refractivity (Wildman–Crippen MR) is 116 cm³/mol. The monoisotopic (exact) mass is 370 g/mol. The minimum Gasteiger partial charge on any atom is -0.392 e. The molecule has 0 radical (unpaired) electrons. The van der Waals surface area contributed by atoms with Gasteiger partial charge in [-0.1, -0.05) is 88.1 Å². The first-order valence-electron chi connectivity index (χ1n) is 10.0. The summed E-state index contributed by atoms with van der Waals surface area (Å²) in [5, 5.41) is 19.3. The zero-order chi connectivity index (χ0) is 19.2. The lowest BCUT2D eigenvalue weighted by Crippen LogP contribution is -2.31. The van der Waals surface area contributed by atoms with E-state index >= 15 is 0 Å². The van der Waals surface area contributed by atoms with E-state index in [2.05, 4.69) is 50.2 Å². The lowest BCUT2D eigenvalue weighted by Gasteiger charge is -2.39. The third-order valence-corrected chi connectivity index (χ3v) is 5.45. The van der Waals surface area contributed by atoms with Gasteiger partial charge in [0.2, 0.25) is 0 Å². The van der Waals surface area contributed by atoms with Gasteiger partial charge in [-0.3, -0.25) is 0 Å². The topological polar surface area (TPSA) is 40.5 Å². The summed E-state index contributed by atoms with van der Waals surface area (Å²) in [6.07, 6.45) is 6.01. The van der Waals surface area contributed by atoms with Gasteiger partial charge in [-0.05, 0) is 48.9 Å². The maximum absolute atomic E-state index is 9.63. The van der Waals surface area contributed by atoms with Gasteiger partial charge < -0.3 is 10.2 Å². The van der Waals surface area contributed by atoms with Gasteiger partial charge in [0.05, 0.1) is 13.2 Å². The number of rotatable bonds is 4. The molecule has 3 rings (SSSR count). The number of benzene rings is 2. The molecule has 0 unspecified atom stereocenters. The molecular weight excluding hydrogens is 332 g/mol. The summed E-state index contributed by atoms with van der Waals surface area (Å²) in [6, 6.07) is 13.1. The van der Waals surface area contributed by atoms with Crippen LogP contribution in [0, 0.1) is 13.8 Å². The summed E-state index contributed by atoms with van der Waals surface area (Å²) in [5.41, 5.74) is 7.04. The Morgan fingerprint density at radius 3 is 1.48 bits per heavy atom. The van der Waals surface area contributed by atoms with Crippen LogP contribution in [0.25, 0.3) is 0 Å². The van der Waals surface area contributed by atoms with Gasteiger partial charge in [0.15, 0.2) is 0 Å². The average molecular weight is 371 g/mol. The summed E-state index contributed by atoms with van der Waals surface area (Å²) in [6.45, 7) is 8.38. The zero-order valence-corrected chi connectivity index (χ0v) is 16.8. The lowest BCUT2D eigenvalue weighted by atomic mass is 9.64. The average Bonchev–Trinajstić information content (AvgIpc) is 2.69. The third kappa shape index (κ3) is 5.21. The van der Waals surface area contributed by atoms with Crippen molar-refractivity contribution >= 4 is 0 Å². The Morgan fingerprint density at radius 2 is 1.11 bits per heavy atom. The van der Waals surface area contributed by atoms with Gasteiger partial charge in [0, 0.05) is 5.41 Å². The largest absolute Gasteiger partial charge is 0.392 e. The molecular formula is C25H38O2. The van der Waals surface area contributed by atoms with Gasteiger partial charge in [0.1, 0.15) is 0 Å². The van der Waals surface area contributed by atoms with Crippen molar-refractivity contribution in [2.45, 2.75) is 85.9 Å². The highest BCUT2D eigenvalue weighted by molar-refractivity contribution is 5.45. The van der Waals surface area contributed by atoms with Crippen molar-refractivity contribution in [3.8, 4) is 0 Å². The summed E-state index contributed by atoms with van der Waals surface area (Å²) in [4.78, 5) is 0. The second-order valence-electron chi connectivity index (χ2n) is 7.37. The molecule has 0 aliphatic heterocycles. The zero-order valence-electron chi connectivity index (χ0n) is 16.8. The molecule has 2 nitrogen and oxygen atoms in total. The molecule has 0 spiro atoms. The first-order chi connectivity index (χ1) is 12.6. The van der Waals surface area contributed by atoms with Crippen molar-refractivity contribution in [1.29, 1.82) is 0 Å². The molecule has 1 saturated carbocycles. The van der Waals surface area contributed by atoms with Crippen molar-refractivity contribution < 1.29 is 10.2 Å². The minimum absolute atomic E-state index is 0. The van der Waals surface area contributed by atoms with E-state index in [0.717, 1.165) is 24.0 Å². The summed E-state index contributed by atoms with van der Waals surface area (Å²) >= 11 is 0. The standard InChI is InChI=1S/C22H28O2.C2H6.CH4/c1-16-8-18(14-23)12-20(10-16)22(6-4-3-5-7-22)21-11-17(2)9-19(13-21)15-24;1-2;/h8-13,23-24H,3-7,14-15H2,1-2H3;1-2H3;1H4. The first kappa shape index (κ1) is 23.4. The van der Waals surface area contributed by atoms with E-state index < -0.39 is 0 Å². The smallest absolute Gasteiger partial charge is 0.0682 e. The molecule has 0 aromatic heterocycles. The van der Waals surface area contributed by atoms with Crippen LogP contribution in [0.15, 0.2) is 36.4 Å². The highest BCUT2D eigenvalue weighted by Crippen LogP contribution is 2.45. The Balaban J connectivity index is 0.00000118. The third-order valence-electron chi connectivity index (χ3n) is 5.45. The molecule has 0 amide bonds. The molecule has 0 saturated heterocycles. The normalized spacial score (nSPS) is 15.3. The fourth-order valence-corrected chi connectivity index (χ4v) is 4.36. The molecule has 2 aromatic rings. The van der Waals surface area contributed by atoms with Gasteiger partial charge in [-0.2, -0.15) is 0 Å². The second kappa shape index (κ2) is 10.6. The van der Waals surface area contributed by atoms with E-state index in [1.165, 1.54) is 41.5 Å². The maximum Gasteiger partial charge on any atom is 0.0682 e. The van der Waals surface area contributed by atoms with Crippen LogP contribution in [0.4, 0.5) is 0 Å². The number of aryl methyl sites for hydroxylation is 2. The van der Waals surface area contributed by atoms with Crippen molar-refractivity contribution in [2.75, 3.05) is 0 Å². The van der Waals surface area contributed by atoms with Gasteiger partial charge in [-0.15, -0.1) is 0 Å². The van der Waals surface area contributed by atoms with E-state index in [4.69, 9.17) is 0 Å². The molecule has 27 heavy (non-hydrogen) atoms. The molecule has 0 bridgehead atoms. The van der Waals surface area contributed by atoms with Crippen LogP contribution >= 0.6 is 0 Å². The minimum atomic E-state index is 0. The van der Waals surface area contributed by atoms with Crippen LogP contribution in [0.5, 0.6) is 0 Å². The van der Waals surface area contributed by atoms with Crippen LogP contribution in [0.1, 0.15) is 86.8 Å². The van der Waals surface area contributed by atoms with Crippen LogP contribution in [0.3, 0.4) is 0 Å². The molecule has 1 fully saturated rings. The highest BCUT2D eigenvalue weighted by Gasteiger charge is 2.36. The molecule has 2 heteroatoms. The Bertz CT molecular complexity index is 657. The van der Waals surface area contributed by atoms with Gasteiger partial charge in [0.25, 0.3) is 0 Å². The van der Waals surface area contributed by atoms with E-state index in [1.54, 1.807) is 0 Å². The molecule has 150 valence electrons.